The van der Waals surface area contributed by atoms with Crippen molar-refractivity contribution in [3.63, 3.8) is 0 Å². The molecule has 0 aliphatic rings. The van der Waals surface area contributed by atoms with E-state index in [4.69, 9.17) is 17.3 Å². The van der Waals surface area contributed by atoms with E-state index in [0.29, 0.717) is 21.8 Å². The molecule has 1 aromatic rings. The third-order valence-corrected chi connectivity index (χ3v) is 2.12. The first-order valence-electron chi connectivity index (χ1n) is 3.24. The lowest BCUT2D eigenvalue weighted by molar-refractivity contribution is 0.610. The van der Waals surface area contributed by atoms with E-state index < -0.39 is 0 Å². The topological polar surface area (TPSA) is 26.0 Å². The Bertz CT molecular complexity index is 270. The molecule has 0 atom stereocenters. The lowest BCUT2D eigenvalue weighted by atomic mass is 10.1. The van der Waals surface area contributed by atoms with Crippen LogP contribution in [-0.4, -0.2) is 0 Å². The maximum atomic E-state index is 13.1. The molecule has 0 saturated heterocycles. The monoisotopic (exact) mass is 173 g/mol. The van der Waals surface area contributed by atoms with Gasteiger partial charge in [0.25, 0.3) is 0 Å². The van der Waals surface area contributed by atoms with Gasteiger partial charge in [-0.1, -0.05) is 11.6 Å². The summed E-state index contributed by atoms with van der Waals surface area (Å²) < 4.78 is 13.1. The SMILES string of the molecule is Cc1c(N)cc(Cl)c(C)c1F. The Hall–Kier alpha value is -0.760. The van der Waals surface area contributed by atoms with E-state index in [-0.39, 0.29) is 5.82 Å². The molecule has 1 aromatic carbocycles. The molecule has 0 bridgehead atoms. The molecule has 0 spiro atoms. The zero-order chi connectivity index (χ0) is 8.59. The lowest BCUT2D eigenvalue weighted by Crippen LogP contribution is -1.96. The normalized spacial score (nSPS) is 10.2. The number of halogens is 2. The van der Waals surface area contributed by atoms with Gasteiger partial charge in [0.15, 0.2) is 0 Å². The molecule has 0 aliphatic carbocycles. The van der Waals surface area contributed by atoms with Crippen LogP contribution in [0.25, 0.3) is 0 Å². The number of nitrogens with two attached hydrogens (primary N) is 1. The summed E-state index contributed by atoms with van der Waals surface area (Å²) >= 11 is 5.67. The van der Waals surface area contributed by atoms with Crippen LogP contribution in [0.5, 0.6) is 0 Å². The predicted octanol–water partition coefficient (Wildman–Crippen LogP) is 2.68. The maximum absolute atomic E-state index is 13.1. The fraction of sp³-hybridized carbons (Fsp3) is 0.250. The first-order valence-corrected chi connectivity index (χ1v) is 3.62. The second-order valence-corrected chi connectivity index (χ2v) is 2.92. The molecular weight excluding hydrogens is 165 g/mol. The van der Waals surface area contributed by atoms with Crippen LogP contribution in [0.1, 0.15) is 11.1 Å². The van der Waals surface area contributed by atoms with Gasteiger partial charge in [-0.3, -0.25) is 0 Å². The van der Waals surface area contributed by atoms with Gasteiger partial charge < -0.3 is 5.73 Å². The van der Waals surface area contributed by atoms with E-state index in [1.807, 2.05) is 0 Å². The predicted molar refractivity (Wildman–Crippen MR) is 45.3 cm³/mol. The zero-order valence-corrected chi connectivity index (χ0v) is 7.17. The highest BCUT2D eigenvalue weighted by Gasteiger charge is 2.08. The molecule has 0 radical (unpaired) electrons. The summed E-state index contributed by atoms with van der Waals surface area (Å²) in [7, 11) is 0. The van der Waals surface area contributed by atoms with Crippen molar-refractivity contribution in [1.29, 1.82) is 0 Å². The largest absolute Gasteiger partial charge is 0.398 e. The van der Waals surface area contributed by atoms with Gasteiger partial charge in [-0.2, -0.15) is 0 Å². The van der Waals surface area contributed by atoms with Crippen LogP contribution in [0.4, 0.5) is 10.1 Å². The molecule has 2 N–H and O–H groups in total. The molecule has 0 saturated carbocycles. The lowest BCUT2D eigenvalue weighted by Gasteiger charge is -2.05. The Kier molecular flexibility index (Phi) is 2.05. The number of hydrogen-bond donors (Lipinski definition) is 1. The summed E-state index contributed by atoms with van der Waals surface area (Å²) in [6.45, 7) is 3.26. The third-order valence-electron chi connectivity index (χ3n) is 1.73. The molecule has 0 fully saturated rings. The third kappa shape index (κ3) is 1.31. The van der Waals surface area contributed by atoms with E-state index in [0.717, 1.165) is 0 Å². The summed E-state index contributed by atoms with van der Waals surface area (Å²) in [6.07, 6.45) is 0. The number of benzene rings is 1. The number of hydrogen-bond acceptors (Lipinski definition) is 1. The van der Waals surface area contributed by atoms with Crippen molar-refractivity contribution in [1.82, 2.24) is 0 Å². The minimum Gasteiger partial charge on any atom is -0.398 e. The molecule has 11 heavy (non-hydrogen) atoms. The number of nitrogen functional groups attached to an aromatic ring is 1. The van der Waals surface area contributed by atoms with Crippen LogP contribution in [-0.2, 0) is 0 Å². The van der Waals surface area contributed by atoms with Gasteiger partial charge >= 0.3 is 0 Å². The van der Waals surface area contributed by atoms with E-state index in [9.17, 15) is 4.39 Å². The van der Waals surface area contributed by atoms with Gasteiger partial charge in [-0.25, -0.2) is 4.39 Å². The Labute approximate surface area is 70.0 Å². The molecule has 1 nitrogen and oxygen atoms in total. The molecule has 60 valence electrons. The molecular formula is C8H9ClFN. The first-order chi connectivity index (χ1) is 5.04. The number of rotatable bonds is 0. The van der Waals surface area contributed by atoms with Gasteiger partial charge in [0.05, 0.1) is 0 Å². The highest BCUT2D eigenvalue weighted by Crippen LogP contribution is 2.25. The highest BCUT2D eigenvalue weighted by molar-refractivity contribution is 6.31. The fourth-order valence-electron chi connectivity index (χ4n) is 0.866. The van der Waals surface area contributed by atoms with Crippen LogP contribution in [0.3, 0.4) is 0 Å². The second-order valence-electron chi connectivity index (χ2n) is 2.51. The Morgan fingerprint density at radius 1 is 1.36 bits per heavy atom. The molecule has 3 heteroatoms. The van der Waals surface area contributed by atoms with Crippen LogP contribution in [0, 0.1) is 19.7 Å². The summed E-state index contributed by atoms with van der Waals surface area (Å²) in [4.78, 5) is 0. The van der Waals surface area contributed by atoms with Crippen molar-refractivity contribution in [2.45, 2.75) is 13.8 Å². The molecule has 1 rings (SSSR count). The quantitative estimate of drug-likeness (QED) is 0.600. The van der Waals surface area contributed by atoms with Crippen molar-refractivity contribution in [2.75, 3.05) is 5.73 Å². The van der Waals surface area contributed by atoms with Crippen molar-refractivity contribution in [2.24, 2.45) is 0 Å². The van der Waals surface area contributed by atoms with Crippen LogP contribution >= 0.6 is 11.6 Å². The Morgan fingerprint density at radius 2 is 1.91 bits per heavy atom. The average Bonchev–Trinajstić information content (AvgIpc) is 1.97. The summed E-state index contributed by atoms with van der Waals surface area (Å²) in [5.41, 5.74) is 6.79. The molecule has 0 heterocycles. The van der Waals surface area contributed by atoms with Gasteiger partial charge in [-0.15, -0.1) is 0 Å². The van der Waals surface area contributed by atoms with Crippen molar-refractivity contribution >= 4 is 17.3 Å². The zero-order valence-electron chi connectivity index (χ0n) is 6.41. The van der Waals surface area contributed by atoms with Gasteiger partial charge in [0, 0.05) is 21.8 Å². The van der Waals surface area contributed by atoms with Crippen molar-refractivity contribution in [3.05, 3.63) is 28.0 Å². The minimum atomic E-state index is -0.310. The van der Waals surface area contributed by atoms with E-state index in [1.54, 1.807) is 19.9 Å². The van der Waals surface area contributed by atoms with Crippen LogP contribution in [0.2, 0.25) is 5.02 Å². The second kappa shape index (κ2) is 2.70. The van der Waals surface area contributed by atoms with Crippen LogP contribution in [0.15, 0.2) is 6.07 Å². The minimum absolute atomic E-state index is 0.310. The standard InChI is InChI=1S/C8H9ClFN/c1-4-6(9)3-7(11)5(2)8(4)10/h3H,11H2,1-2H3. The van der Waals surface area contributed by atoms with E-state index >= 15 is 0 Å². The first kappa shape index (κ1) is 8.34. The molecule has 0 amide bonds. The van der Waals surface area contributed by atoms with Gasteiger partial charge in [0.1, 0.15) is 5.82 Å². The van der Waals surface area contributed by atoms with Crippen LogP contribution < -0.4 is 5.73 Å². The smallest absolute Gasteiger partial charge is 0.132 e. The average molecular weight is 174 g/mol. The van der Waals surface area contributed by atoms with Crippen molar-refractivity contribution in [3.8, 4) is 0 Å². The maximum Gasteiger partial charge on any atom is 0.132 e. The molecule has 0 unspecified atom stereocenters. The Balaban J connectivity index is 3.46. The molecule has 0 aromatic heterocycles. The van der Waals surface area contributed by atoms with Gasteiger partial charge in [-0.05, 0) is 19.9 Å². The van der Waals surface area contributed by atoms with E-state index in [1.165, 1.54) is 0 Å². The van der Waals surface area contributed by atoms with Gasteiger partial charge in [0.2, 0.25) is 0 Å². The summed E-state index contributed by atoms with van der Waals surface area (Å²) in [5, 5.41) is 0.380. The number of anilines is 1. The summed E-state index contributed by atoms with van der Waals surface area (Å²) in [5.74, 6) is -0.310. The summed E-state index contributed by atoms with van der Waals surface area (Å²) in [6, 6.07) is 1.56. The fourth-order valence-corrected chi connectivity index (χ4v) is 1.07. The Morgan fingerprint density at radius 3 is 2.45 bits per heavy atom. The highest BCUT2D eigenvalue weighted by atomic mass is 35.5. The van der Waals surface area contributed by atoms with Crippen molar-refractivity contribution < 1.29 is 4.39 Å². The molecule has 0 aliphatic heterocycles. The van der Waals surface area contributed by atoms with E-state index in [2.05, 4.69) is 0 Å².